The molecule has 0 radical (unpaired) electrons. The van der Waals surface area contributed by atoms with Crippen LogP contribution in [0.15, 0.2) is 23.0 Å². The lowest BCUT2D eigenvalue weighted by molar-refractivity contribution is 0.840. The minimum atomic E-state index is -0.255. The lowest BCUT2D eigenvalue weighted by Gasteiger charge is -2.00. The maximum Gasteiger partial charge on any atom is 0.260 e. The van der Waals surface area contributed by atoms with Gasteiger partial charge >= 0.3 is 0 Å². The number of nitrogens with one attached hydrogen (secondary N) is 1. The predicted molar refractivity (Wildman–Crippen MR) is 53.9 cm³/mol. The molecule has 0 saturated heterocycles. The number of fused-ring (bicyclic) bond motifs is 3. The van der Waals surface area contributed by atoms with Crippen LogP contribution >= 0.6 is 11.6 Å². The van der Waals surface area contributed by atoms with E-state index in [1.54, 1.807) is 18.2 Å². The highest BCUT2D eigenvalue weighted by molar-refractivity contribution is 6.35. The molecule has 0 amide bonds. The highest BCUT2D eigenvalue weighted by Gasteiger charge is 2.09. The Morgan fingerprint density at radius 3 is 3.13 bits per heavy atom. The van der Waals surface area contributed by atoms with Crippen LogP contribution in [0.5, 0.6) is 0 Å². The third-order valence-electron chi connectivity index (χ3n) is 2.14. The van der Waals surface area contributed by atoms with Crippen LogP contribution < -0.4 is 5.56 Å². The molecule has 0 bridgehead atoms. The Hall–Kier alpha value is -1.95. The topological polar surface area (TPSA) is 75.9 Å². The van der Waals surface area contributed by atoms with E-state index in [-0.39, 0.29) is 11.3 Å². The summed E-state index contributed by atoms with van der Waals surface area (Å²) < 4.78 is 1.40. The molecule has 1 N–H and O–H groups in total. The van der Waals surface area contributed by atoms with Gasteiger partial charge in [0.05, 0.1) is 10.4 Å². The first-order valence-electron chi connectivity index (χ1n) is 4.16. The number of aromatic amines is 1. The molecule has 6 nitrogen and oxygen atoms in total. The number of para-hydroxylation sites is 1. The van der Waals surface area contributed by atoms with Crippen molar-refractivity contribution in [3.63, 3.8) is 0 Å². The first-order chi connectivity index (χ1) is 7.27. The lowest BCUT2D eigenvalue weighted by Crippen LogP contribution is -2.10. The van der Waals surface area contributed by atoms with E-state index in [9.17, 15) is 4.79 Å². The van der Waals surface area contributed by atoms with Crippen molar-refractivity contribution in [2.45, 2.75) is 0 Å². The first kappa shape index (κ1) is 8.37. The summed E-state index contributed by atoms with van der Waals surface area (Å²) >= 11 is 6.00. The summed E-state index contributed by atoms with van der Waals surface area (Å²) in [4.78, 5) is 14.2. The monoisotopic (exact) mass is 221 g/mol. The summed E-state index contributed by atoms with van der Waals surface area (Å²) in [5.41, 5.74) is 0.262. The molecular weight excluding hydrogens is 218 g/mol. The Morgan fingerprint density at radius 1 is 1.40 bits per heavy atom. The van der Waals surface area contributed by atoms with Crippen molar-refractivity contribution in [3.05, 3.63) is 33.6 Å². The van der Waals surface area contributed by atoms with Gasteiger partial charge in [0.1, 0.15) is 5.52 Å². The van der Waals surface area contributed by atoms with Gasteiger partial charge in [-0.3, -0.25) is 9.78 Å². The molecule has 2 heterocycles. The molecule has 1 aromatic carbocycles. The second kappa shape index (κ2) is 2.77. The first-order valence-corrected chi connectivity index (χ1v) is 4.54. The highest BCUT2D eigenvalue weighted by atomic mass is 35.5. The molecule has 0 atom stereocenters. The van der Waals surface area contributed by atoms with Crippen molar-refractivity contribution in [2.24, 2.45) is 0 Å². The van der Waals surface area contributed by atoms with Crippen molar-refractivity contribution < 1.29 is 0 Å². The van der Waals surface area contributed by atoms with Gasteiger partial charge in [0.25, 0.3) is 11.3 Å². The smallest absolute Gasteiger partial charge is 0.260 e. The molecule has 74 valence electrons. The van der Waals surface area contributed by atoms with E-state index in [1.807, 2.05) is 0 Å². The SMILES string of the molecule is O=c1[nH]c2nnnn2c2c(Cl)cccc12. The van der Waals surface area contributed by atoms with Gasteiger partial charge < -0.3 is 0 Å². The number of benzene rings is 1. The van der Waals surface area contributed by atoms with Crippen LogP contribution in [0.1, 0.15) is 0 Å². The van der Waals surface area contributed by atoms with E-state index >= 15 is 0 Å². The van der Waals surface area contributed by atoms with E-state index in [4.69, 9.17) is 11.6 Å². The van der Waals surface area contributed by atoms with Gasteiger partial charge in [0.2, 0.25) is 0 Å². The summed E-state index contributed by atoms with van der Waals surface area (Å²) in [5.74, 6) is 0.278. The van der Waals surface area contributed by atoms with Crippen LogP contribution in [0.4, 0.5) is 0 Å². The van der Waals surface area contributed by atoms with Crippen molar-refractivity contribution in [1.29, 1.82) is 0 Å². The number of rotatable bonds is 0. The molecule has 7 heteroatoms. The van der Waals surface area contributed by atoms with Crippen molar-refractivity contribution in [3.8, 4) is 0 Å². The largest absolute Gasteiger partial charge is 0.289 e. The van der Waals surface area contributed by atoms with Crippen molar-refractivity contribution in [2.75, 3.05) is 0 Å². The van der Waals surface area contributed by atoms with E-state index in [0.717, 1.165) is 0 Å². The predicted octanol–water partition coefficient (Wildman–Crippen LogP) is 0.619. The lowest BCUT2D eigenvalue weighted by atomic mass is 10.2. The van der Waals surface area contributed by atoms with Gasteiger partial charge in [-0.15, -0.1) is 0 Å². The Bertz CT molecular complexity index is 716. The van der Waals surface area contributed by atoms with Gasteiger partial charge in [-0.05, 0) is 22.6 Å². The number of H-pyrrole nitrogens is 1. The summed E-state index contributed by atoms with van der Waals surface area (Å²) in [6.07, 6.45) is 0. The maximum atomic E-state index is 11.6. The Labute approximate surface area is 87.5 Å². The van der Waals surface area contributed by atoms with Crippen LogP contribution in [-0.2, 0) is 0 Å². The maximum absolute atomic E-state index is 11.6. The Balaban J connectivity index is 2.76. The molecular formula is C8H4ClN5O. The van der Waals surface area contributed by atoms with Crippen LogP contribution in [-0.4, -0.2) is 25.0 Å². The molecule has 0 aliphatic rings. The summed E-state index contributed by atoms with van der Waals surface area (Å²) in [6, 6.07) is 5.06. The van der Waals surface area contributed by atoms with Gasteiger partial charge in [0.15, 0.2) is 0 Å². The third kappa shape index (κ3) is 1.05. The average molecular weight is 222 g/mol. The molecule has 0 fully saturated rings. The fraction of sp³-hybridized carbons (Fsp3) is 0. The van der Waals surface area contributed by atoms with E-state index in [1.165, 1.54) is 4.52 Å². The molecule has 3 aromatic rings. The number of tetrazole rings is 1. The average Bonchev–Trinajstić information content (AvgIpc) is 2.66. The van der Waals surface area contributed by atoms with Gasteiger partial charge in [-0.2, -0.15) is 4.52 Å². The second-order valence-corrected chi connectivity index (χ2v) is 3.41. The number of halogens is 1. The molecule has 3 rings (SSSR count). The number of aromatic nitrogens is 5. The van der Waals surface area contributed by atoms with Crippen LogP contribution in [0.2, 0.25) is 5.02 Å². The van der Waals surface area contributed by atoms with Crippen molar-refractivity contribution >= 4 is 28.3 Å². The van der Waals surface area contributed by atoms with Crippen molar-refractivity contribution in [1.82, 2.24) is 25.0 Å². The third-order valence-corrected chi connectivity index (χ3v) is 2.44. The second-order valence-electron chi connectivity index (χ2n) is 3.00. The molecule has 15 heavy (non-hydrogen) atoms. The fourth-order valence-corrected chi connectivity index (χ4v) is 1.75. The van der Waals surface area contributed by atoms with Crippen LogP contribution in [0.25, 0.3) is 16.7 Å². The van der Waals surface area contributed by atoms with E-state index in [0.29, 0.717) is 15.9 Å². The van der Waals surface area contributed by atoms with E-state index < -0.39 is 0 Å². The zero-order chi connectivity index (χ0) is 10.4. The normalized spacial score (nSPS) is 11.3. The molecule has 0 aliphatic heterocycles. The molecule has 0 unspecified atom stereocenters. The quantitative estimate of drug-likeness (QED) is 0.604. The minimum absolute atomic E-state index is 0.255. The molecule has 0 spiro atoms. The summed E-state index contributed by atoms with van der Waals surface area (Å²) in [7, 11) is 0. The number of hydrogen-bond donors (Lipinski definition) is 1. The summed E-state index contributed by atoms with van der Waals surface area (Å²) in [5, 5.41) is 11.8. The molecule has 2 aromatic heterocycles. The summed E-state index contributed by atoms with van der Waals surface area (Å²) in [6.45, 7) is 0. The zero-order valence-corrected chi connectivity index (χ0v) is 8.06. The number of nitrogens with zero attached hydrogens (tertiary/aromatic N) is 4. The standard InChI is InChI=1S/C8H4ClN5O/c9-5-3-1-2-4-6(5)14-8(10-7(4)15)11-12-13-14/h1-3H,(H,10,11,13,15). The van der Waals surface area contributed by atoms with Crippen LogP contribution in [0, 0.1) is 0 Å². The van der Waals surface area contributed by atoms with E-state index in [2.05, 4.69) is 20.5 Å². The molecule has 0 aliphatic carbocycles. The molecule has 0 saturated carbocycles. The Kier molecular flexibility index (Phi) is 1.54. The zero-order valence-electron chi connectivity index (χ0n) is 7.31. The minimum Gasteiger partial charge on any atom is -0.289 e. The van der Waals surface area contributed by atoms with Crippen LogP contribution in [0.3, 0.4) is 0 Å². The highest BCUT2D eigenvalue weighted by Crippen LogP contribution is 2.19. The van der Waals surface area contributed by atoms with Gasteiger partial charge in [-0.25, -0.2) is 0 Å². The number of hydrogen-bond acceptors (Lipinski definition) is 4. The van der Waals surface area contributed by atoms with Gasteiger partial charge in [0, 0.05) is 0 Å². The van der Waals surface area contributed by atoms with Gasteiger partial charge in [-0.1, -0.05) is 22.8 Å². The Morgan fingerprint density at radius 2 is 2.27 bits per heavy atom. The fourth-order valence-electron chi connectivity index (χ4n) is 1.50.